The van der Waals surface area contributed by atoms with E-state index < -0.39 is 0 Å². The zero-order valence-electron chi connectivity index (χ0n) is 9.14. The topological polar surface area (TPSA) is 47.3 Å². The van der Waals surface area contributed by atoms with E-state index in [2.05, 4.69) is 17.2 Å². The van der Waals surface area contributed by atoms with Crippen LogP contribution in [-0.2, 0) is 4.74 Å². The molecule has 84 valence electrons. The maximum atomic E-state index is 5.60. The zero-order valence-corrected chi connectivity index (χ0v) is 9.14. The Morgan fingerprint density at radius 3 is 3.00 bits per heavy atom. The first kappa shape index (κ1) is 9.66. The average Bonchev–Trinajstić information content (AvgIpc) is 2.85. The fourth-order valence-electron chi connectivity index (χ4n) is 2.01. The van der Waals surface area contributed by atoms with Crippen molar-refractivity contribution in [2.75, 3.05) is 11.9 Å². The second kappa shape index (κ2) is 3.79. The molecule has 1 N–H and O–H groups in total. The third kappa shape index (κ3) is 1.65. The lowest BCUT2D eigenvalue weighted by atomic mass is 10.2. The van der Waals surface area contributed by atoms with Gasteiger partial charge in [-0.1, -0.05) is 12.1 Å². The molecular weight excluding hydrogens is 204 g/mol. The van der Waals surface area contributed by atoms with Crippen molar-refractivity contribution in [3.05, 3.63) is 24.3 Å². The number of benzene rings is 1. The molecule has 0 aliphatic carbocycles. The lowest BCUT2D eigenvalue weighted by Crippen LogP contribution is -2.26. The highest BCUT2D eigenvalue weighted by atomic mass is 16.5. The van der Waals surface area contributed by atoms with Crippen LogP contribution in [0.1, 0.15) is 13.3 Å². The molecule has 2 heterocycles. The number of para-hydroxylation sites is 2. The second-order valence-electron chi connectivity index (χ2n) is 4.10. The molecular formula is C12H14N2O2. The molecule has 2 aromatic rings. The van der Waals surface area contributed by atoms with E-state index in [1.807, 2.05) is 24.3 Å². The number of aromatic nitrogens is 1. The van der Waals surface area contributed by atoms with Crippen LogP contribution in [0.25, 0.3) is 11.1 Å². The Bertz CT molecular complexity index is 461. The molecule has 0 saturated carbocycles. The molecule has 4 heteroatoms. The van der Waals surface area contributed by atoms with Crippen LogP contribution in [0.5, 0.6) is 0 Å². The van der Waals surface area contributed by atoms with Gasteiger partial charge in [0.1, 0.15) is 5.52 Å². The van der Waals surface area contributed by atoms with Gasteiger partial charge in [-0.3, -0.25) is 0 Å². The van der Waals surface area contributed by atoms with Crippen LogP contribution in [0.4, 0.5) is 6.01 Å². The molecule has 0 bridgehead atoms. The highest BCUT2D eigenvalue weighted by Gasteiger charge is 2.25. The van der Waals surface area contributed by atoms with Crippen molar-refractivity contribution in [3.63, 3.8) is 0 Å². The fraction of sp³-hybridized carbons (Fsp3) is 0.417. The summed E-state index contributed by atoms with van der Waals surface area (Å²) >= 11 is 0. The number of rotatable bonds is 2. The van der Waals surface area contributed by atoms with Gasteiger partial charge in [-0.05, 0) is 25.5 Å². The first-order valence-electron chi connectivity index (χ1n) is 5.56. The van der Waals surface area contributed by atoms with E-state index in [1.165, 1.54) is 0 Å². The Morgan fingerprint density at radius 1 is 1.38 bits per heavy atom. The summed E-state index contributed by atoms with van der Waals surface area (Å²) in [5.41, 5.74) is 1.70. The molecule has 2 atom stereocenters. The van der Waals surface area contributed by atoms with Crippen LogP contribution in [-0.4, -0.2) is 23.7 Å². The maximum Gasteiger partial charge on any atom is 0.295 e. The minimum Gasteiger partial charge on any atom is -0.424 e. The maximum absolute atomic E-state index is 5.60. The quantitative estimate of drug-likeness (QED) is 0.840. The minimum atomic E-state index is 0.218. The number of anilines is 1. The van der Waals surface area contributed by atoms with E-state index >= 15 is 0 Å². The molecule has 1 aromatic carbocycles. The van der Waals surface area contributed by atoms with Gasteiger partial charge in [-0.2, -0.15) is 4.98 Å². The van der Waals surface area contributed by atoms with Gasteiger partial charge >= 0.3 is 0 Å². The number of hydrogen-bond acceptors (Lipinski definition) is 4. The lowest BCUT2D eigenvalue weighted by Gasteiger charge is -2.13. The average molecular weight is 218 g/mol. The summed E-state index contributed by atoms with van der Waals surface area (Å²) in [5.74, 6) is 0. The summed E-state index contributed by atoms with van der Waals surface area (Å²) in [5, 5.41) is 3.28. The van der Waals surface area contributed by atoms with Crippen LogP contribution in [0.2, 0.25) is 0 Å². The zero-order chi connectivity index (χ0) is 11.0. The fourth-order valence-corrected chi connectivity index (χ4v) is 2.01. The van der Waals surface area contributed by atoms with Crippen LogP contribution in [0, 0.1) is 0 Å². The molecule has 0 amide bonds. The van der Waals surface area contributed by atoms with Gasteiger partial charge < -0.3 is 14.5 Å². The highest BCUT2D eigenvalue weighted by molar-refractivity contribution is 5.74. The van der Waals surface area contributed by atoms with Crippen LogP contribution in [0.3, 0.4) is 0 Å². The van der Waals surface area contributed by atoms with Crippen LogP contribution in [0.15, 0.2) is 28.7 Å². The Hall–Kier alpha value is -1.55. The van der Waals surface area contributed by atoms with Crippen LogP contribution < -0.4 is 5.32 Å². The Kier molecular flexibility index (Phi) is 2.29. The van der Waals surface area contributed by atoms with Gasteiger partial charge in [0.2, 0.25) is 0 Å². The van der Waals surface area contributed by atoms with E-state index in [0.717, 1.165) is 24.1 Å². The van der Waals surface area contributed by atoms with E-state index in [-0.39, 0.29) is 6.10 Å². The molecule has 0 radical (unpaired) electrons. The number of nitrogens with one attached hydrogen (secondary N) is 1. The predicted octanol–water partition coefficient (Wildman–Crippen LogP) is 2.42. The third-order valence-electron chi connectivity index (χ3n) is 2.98. The molecule has 16 heavy (non-hydrogen) atoms. The number of fused-ring (bicyclic) bond motifs is 1. The van der Waals surface area contributed by atoms with Crippen molar-refractivity contribution in [1.29, 1.82) is 0 Å². The summed E-state index contributed by atoms with van der Waals surface area (Å²) < 4.78 is 11.1. The molecule has 4 nitrogen and oxygen atoms in total. The van der Waals surface area contributed by atoms with E-state index in [4.69, 9.17) is 9.15 Å². The predicted molar refractivity (Wildman–Crippen MR) is 61.5 cm³/mol. The van der Waals surface area contributed by atoms with Gasteiger partial charge in [-0.15, -0.1) is 0 Å². The van der Waals surface area contributed by atoms with E-state index in [1.54, 1.807) is 0 Å². The molecule has 1 aliphatic heterocycles. The standard InChI is InChI=1S/C12H14N2O2/c1-8-9(6-7-15-8)13-12-14-10-4-2-3-5-11(10)16-12/h2-5,8-9H,6-7H2,1H3,(H,13,14). The number of oxazole rings is 1. The molecule has 1 saturated heterocycles. The number of hydrogen-bond donors (Lipinski definition) is 1. The molecule has 1 aromatic heterocycles. The van der Waals surface area contributed by atoms with Gasteiger partial charge in [0.05, 0.1) is 12.1 Å². The molecule has 2 unspecified atom stereocenters. The summed E-state index contributed by atoms with van der Waals surface area (Å²) in [6.07, 6.45) is 1.22. The van der Waals surface area contributed by atoms with Gasteiger partial charge in [0, 0.05) is 6.61 Å². The molecule has 3 rings (SSSR count). The van der Waals surface area contributed by atoms with Gasteiger partial charge in [0.15, 0.2) is 5.58 Å². The second-order valence-corrected chi connectivity index (χ2v) is 4.10. The molecule has 0 spiro atoms. The monoisotopic (exact) mass is 218 g/mol. The molecule has 1 aliphatic rings. The van der Waals surface area contributed by atoms with E-state index in [9.17, 15) is 0 Å². The number of nitrogens with zero attached hydrogens (tertiary/aromatic N) is 1. The lowest BCUT2D eigenvalue weighted by molar-refractivity contribution is 0.121. The summed E-state index contributed by atoms with van der Waals surface area (Å²) in [6.45, 7) is 2.87. The highest BCUT2D eigenvalue weighted by Crippen LogP contribution is 2.22. The normalized spacial score (nSPS) is 25.1. The van der Waals surface area contributed by atoms with Gasteiger partial charge in [0.25, 0.3) is 6.01 Å². The van der Waals surface area contributed by atoms with Crippen molar-refractivity contribution in [1.82, 2.24) is 4.98 Å². The van der Waals surface area contributed by atoms with Gasteiger partial charge in [-0.25, -0.2) is 0 Å². The Morgan fingerprint density at radius 2 is 2.25 bits per heavy atom. The smallest absolute Gasteiger partial charge is 0.295 e. The first-order valence-corrected chi connectivity index (χ1v) is 5.56. The van der Waals surface area contributed by atoms with Crippen molar-refractivity contribution in [2.45, 2.75) is 25.5 Å². The summed E-state index contributed by atoms with van der Waals surface area (Å²) in [4.78, 5) is 4.38. The van der Waals surface area contributed by atoms with Crippen molar-refractivity contribution in [2.24, 2.45) is 0 Å². The minimum absolute atomic E-state index is 0.218. The third-order valence-corrected chi connectivity index (χ3v) is 2.98. The summed E-state index contributed by atoms with van der Waals surface area (Å²) in [6, 6.07) is 8.64. The largest absolute Gasteiger partial charge is 0.424 e. The van der Waals surface area contributed by atoms with Crippen molar-refractivity contribution >= 4 is 17.1 Å². The van der Waals surface area contributed by atoms with E-state index in [0.29, 0.717) is 12.1 Å². The molecule has 1 fully saturated rings. The van der Waals surface area contributed by atoms with Crippen LogP contribution >= 0.6 is 0 Å². The number of ether oxygens (including phenoxy) is 1. The first-order chi connectivity index (χ1) is 7.83. The SMILES string of the molecule is CC1OCCC1Nc1nc2ccccc2o1. The van der Waals surface area contributed by atoms with Crippen molar-refractivity contribution < 1.29 is 9.15 Å². The Balaban J connectivity index is 1.83. The summed E-state index contributed by atoms with van der Waals surface area (Å²) in [7, 11) is 0. The van der Waals surface area contributed by atoms with Crippen molar-refractivity contribution in [3.8, 4) is 0 Å². The Labute approximate surface area is 93.6 Å².